The zero-order valence-electron chi connectivity index (χ0n) is 9.19. The highest BCUT2D eigenvalue weighted by Gasteiger charge is 2.28. The highest BCUT2D eigenvalue weighted by Crippen LogP contribution is 2.26. The van der Waals surface area contributed by atoms with Crippen LogP contribution < -0.4 is 0 Å². The second-order valence-corrected chi connectivity index (χ2v) is 3.35. The van der Waals surface area contributed by atoms with Crippen LogP contribution in [0.3, 0.4) is 0 Å². The Morgan fingerprint density at radius 1 is 1.00 bits per heavy atom. The Morgan fingerprint density at radius 2 is 1.42 bits per heavy atom. The fraction of sp³-hybridized carbons (Fsp3) is 0.909. The molecule has 0 aromatic carbocycles. The van der Waals surface area contributed by atoms with E-state index in [0.717, 1.165) is 19.5 Å². The van der Waals surface area contributed by atoms with Gasteiger partial charge in [-0.25, -0.2) is 0 Å². The topological polar surface area (TPSA) is 3.24 Å². The van der Waals surface area contributed by atoms with Gasteiger partial charge in [0.25, 0.3) is 0 Å². The van der Waals surface area contributed by atoms with Gasteiger partial charge in [-0.05, 0) is 32.4 Å². The Balaban J connectivity index is 4.42. The molecule has 0 aromatic heterocycles. The standard InChI is InChI=1S/C11H24N/c1-6-11(7-2,8-3)12(9-4)10-5/h1,6-10H2,2-5H3. The van der Waals surface area contributed by atoms with Gasteiger partial charge in [0.1, 0.15) is 0 Å². The van der Waals surface area contributed by atoms with Crippen molar-refractivity contribution in [3.8, 4) is 0 Å². The summed E-state index contributed by atoms with van der Waals surface area (Å²) in [6.45, 7) is 15.4. The molecule has 1 radical (unpaired) electrons. The zero-order chi connectivity index (χ0) is 9.61. The molecule has 73 valence electrons. The molecule has 0 aliphatic rings. The lowest BCUT2D eigenvalue weighted by molar-refractivity contribution is 0.0913. The lowest BCUT2D eigenvalue weighted by atomic mass is 9.87. The fourth-order valence-electron chi connectivity index (χ4n) is 2.10. The highest BCUT2D eigenvalue weighted by atomic mass is 15.2. The second-order valence-electron chi connectivity index (χ2n) is 3.35. The van der Waals surface area contributed by atoms with Gasteiger partial charge in [0.2, 0.25) is 0 Å². The summed E-state index contributed by atoms with van der Waals surface area (Å²) in [5, 5.41) is 0. The Kier molecular flexibility index (Phi) is 5.56. The van der Waals surface area contributed by atoms with Crippen molar-refractivity contribution >= 4 is 0 Å². The quantitative estimate of drug-likeness (QED) is 0.592. The van der Waals surface area contributed by atoms with E-state index >= 15 is 0 Å². The minimum atomic E-state index is 0.365. The molecular weight excluding hydrogens is 146 g/mol. The van der Waals surface area contributed by atoms with E-state index < -0.39 is 0 Å². The van der Waals surface area contributed by atoms with Gasteiger partial charge in [0.15, 0.2) is 0 Å². The molecule has 1 nitrogen and oxygen atoms in total. The van der Waals surface area contributed by atoms with Crippen molar-refractivity contribution in [2.75, 3.05) is 13.1 Å². The molecule has 0 N–H and O–H groups in total. The molecule has 0 bridgehead atoms. The van der Waals surface area contributed by atoms with E-state index in [2.05, 4.69) is 39.5 Å². The van der Waals surface area contributed by atoms with Crippen LogP contribution in [0.1, 0.15) is 47.0 Å². The van der Waals surface area contributed by atoms with Gasteiger partial charge in [0.05, 0.1) is 0 Å². The predicted molar refractivity (Wildman–Crippen MR) is 56.2 cm³/mol. The second kappa shape index (κ2) is 5.58. The summed E-state index contributed by atoms with van der Waals surface area (Å²) in [5.41, 5.74) is 0.365. The number of nitrogens with zero attached hydrogens (tertiary/aromatic N) is 1. The Hall–Kier alpha value is -0.0400. The maximum atomic E-state index is 4.08. The summed E-state index contributed by atoms with van der Waals surface area (Å²) >= 11 is 0. The number of rotatable bonds is 6. The molecule has 1 heteroatoms. The third kappa shape index (κ3) is 2.22. The summed E-state index contributed by atoms with van der Waals surface area (Å²) < 4.78 is 0. The summed E-state index contributed by atoms with van der Waals surface area (Å²) in [6, 6.07) is 0. The maximum Gasteiger partial charge on any atom is 0.0204 e. The zero-order valence-corrected chi connectivity index (χ0v) is 9.19. The van der Waals surface area contributed by atoms with Crippen molar-refractivity contribution in [2.45, 2.75) is 52.5 Å². The van der Waals surface area contributed by atoms with E-state index in [1.807, 2.05) is 0 Å². The van der Waals surface area contributed by atoms with E-state index in [1.54, 1.807) is 0 Å². The van der Waals surface area contributed by atoms with E-state index in [9.17, 15) is 0 Å². The molecule has 0 saturated carbocycles. The molecule has 0 spiro atoms. The molecule has 0 aliphatic heterocycles. The summed E-state index contributed by atoms with van der Waals surface area (Å²) in [6.07, 6.45) is 3.46. The smallest absolute Gasteiger partial charge is 0.0204 e. The number of hydrogen-bond donors (Lipinski definition) is 0. The lowest BCUT2D eigenvalue weighted by Crippen LogP contribution is -2.47. The van der Waals surface area contributed by atoms with Crippen LogP contribution in [0.4, 0.5) is 0 Å². The van der Waals surface area contributed by atoms with Crippen molar-refractivity contribution in [1.82, 2.24) is 4.90 Å². The molecule has 0 amide bonds. The Bertz CT molecular complexity index is 93.3. The van der Waals surface area contributed by atoms with Gasteiger partial charge in [-0.15, -0.1) is 0 Å². The number of hydrogen-bond acceptors (Lipinski definition) is 1. The van der Waals surface area contributed by atoms with Crippen molar-refractivity contribution in [1.29, 1.82) is 0 Å². The van der Waals surface area contributed by atoms with Gasteiger partial charge in [-0.3, -0.25) is 4.90 Å². The van der Waals surface area contributed by atoms with Crippen LogP contribution in [0, 0.1) is 6.92 Å². The van der Waals surface area contributed by atoms with E-state index in [4.69, 9.17) is 0 Å². The first-order valence-electron chi connectivity index (χ1n) is 5.25. The lowest BCUT2D eigenvalue weighted by Gasteiger charge is -2.41. The first-order valence-corrected chi connectivity index (χ1v) is 5.25. The Morgan fingerprint density at radius 3 is 1.50 bits per heavy atom. The minimum absolute atomic E-state index is 0.365. The first-order chi connectivity index (χ1) is 5.70. The molecule has 0 saturated heterocycles. The van der Waals surface area contributed by atoms with Crippen molar-refractivity contribution in [2.24, 2.45) is 0 Å². The summed E-state index contributed by atoms with van der Waals surface area (Å²) in [4.78, 5) is 2.54. The minimum Gasteiger partial charge on any atom is -0.298 e. The van der Waals surface area contributed by atoms with Gasteiger partial charge in [0, 0.05) is 5.54 Å². The van der Waals surface area contributed by atoms with Crippen molar-refractivity contribution < 1.29 is 0 Å². The predicted octanol–water partition coefficient (Wildman–Crippen LogP) is 3.11. The van der Waals surface area contributed by atoms with Crippen LogP contribution in [0.5, 0.6) is 0 Å². The Labute approximate surface area is 78.1 Å². The van der Waals surface area contributed by atoms with Crippen LogP contribution in [0.2, 0.25) is 0 Å². The molecule has 0 fully saturated rings. The fourth-order valence-corrected chi connectivity index (χ4v) is 2.10. The van der Waals surface area contributed by atoms with Gasteiger partial charge in [-0.2, -0.15) is 0 Å². The normalized spacial score (nSPS) is 12.5. The molecule has 0 rings (SSSR count). The van der Waals surface area contributed by atoms with Crippen LogP contribution in [0.25, 0.3) is 0 Å². The van der Waals surface area contributed by atoms with Gasteiger partial charge in [-0.1, -0.05) is 34.6 Å². The third-order valence-electron chi connectivity index (χ3n) is 3.22. The van der Waals surface area contributed by atoms with E-state index in [-0.39, 0.29) is 0 Å². The SMILES string of the molecule is [CH2]CC(CC)(CC)N(CC)CC. The molecule has 0 heterocycles. The monoisotopic (exact) mass is 170 g/mol. The average molecular weight is 170 g/mol. The average Bonchev–Trinajstić information content (AvgIpc) is 2.14. The maximum absolute atomic E-state index is 4.08. The van der Waals surface area contributed by atoms with Gasteiger partial charge < -0.3 is 0 Å². The van der Waals surface area contributed by atoms with Crippen LogP contribution in [-0.2, 0) is 0 Å². The summed E-state index contributed by atoms with van der Waals surface area (Å²) in [5.74, 6) is 0. The molecule has 12 heavy (non-hydrogen) atoms. The molecule has 0 aromatic rings. The van der Waals surface area contributed by atoms with E-state index in [0.29, 0.717) is 5.54 Å². The highest BCUT2D eigenvalue weighted by molar-refractivity contribution is 4.88. The van der Waals surface area contributed by atoms with Crippen LogP contribution >= 0.6 is 0 Å². The van der Waals surface area contributed by atoms with Crippen molar-refractivity contribution in [3.63, 3.8) is 0 Å². The largest absolute Gasteiger partial charge is 0.298 e. The summed E-state index contributed by atoms with van der Waals surface area (Å²) in [7, 11) is 0. The molecule has 0 unspecified atom stereocenters. The molecular formula is C11H24N. The first kappa shape index (κ1) is 12.0. The van der Waals surface area contributed by atoms with Crippen LogP contribution in [0.15, 0.2) is 0 Å². The van der Waals surface area contributed by atoms with E-state index in [1.165, 1.54) is 12.8 Å². The molecule has 0 aliphatic carbocycles. The van der Waals surface area contributed by atoms with Gasteiger partial charge >= 0.3 is 0 Å². The molecule has 0 atom stereocenters. The third-order valence-corrected chi connectivity index (χ3v) is 3.22. The van der Waals surface area contributed by atoms with Crippen LogP contribution in [-0.4, -0.2) is 23.5 Å². The van der Waals surface area contributed by atoms with Crippen molar-refractivity contribution in [3.05, 3.63) is 6.92 Å².